The van der Waals surface area contributed by atoms with E-state index in [4.69, 9.17) is 0 Å². The lowest BCUT2D eigenvalue weighted by Crippen LogP contribution is -2.42. The van der Waals surface area contributed by atoms with Gasteiger partial charge in [0.15, 0.2) is 0 Å². The van der Waals surface area contributed by atoms with E-state index in [1.165, 1.54) is 57.8 Å². The molecule has 0 heterocycles. The van der Waals surface area contributed by atoms with Crippen molar-refractivity contribution in [1.29, 1.82) is 0 Å². The van der Waals surface area contributed by atoms with Gasteiger partial charge in [0.1, 0.15) is 0 Å². The molecule has 1 aliphatic carbocycles. The number of hydrogen-bond acceptors (Lipinski definition) is 0. The van der Waals surface area contributed by atoms with Gasteiger partial charge in [-0.05, 0) is 67.1 Å². The van der Waals surface area contributed by atoms with E-state index < -0.39 is 0 Å². The first-order chi connectivity index (χ1) is 11.4. The van der Waals surface area contributed by atoms with Crippen molar-refractivity contribution < 1.29 is 0 Å². The molecule has 0 heteroatoms. The maximum absolute atomic E-state index is 2.59. The Balaban J connectivity index is 2.81. The first kappa shape index (κ1) is 21.8. The van der Waals surface area contributed by atoms with Crippen molar-refractivity contribution in [3.63, 3.8) is 0 Å². The lowest BCUT2D eigenvalue weighted by Gasteiger charge is -2.51. The second-order valence-electron chi connectivity index (χ2n) is 9.35. The Morgan fingerprint density at radius 1 is 1.04 bits per heavy atom. The minimum absolute atomic E-state index is 0.579. The molecule has 0 N–H and O–H groups in total. The average molecular weight is 335 g/mol. The molecule has 1 rings (SSSR count). The summed E-state index contributed by atoms with van der Waals surface area (Å²) in [7, 11) is 0. The van der Waals surface area contributed by atoms with Crippen molar-refractivity contribution >= 4 is 0 Å². The summed E-state index contributed by atoms with van der Waals surface area (Å²) in [6.45, 7) is 17.0. The van der Waals surface area contributed by atoms with E-state index in [1.807, 2.05) is 0 Å². The van der Waals surface area contributed by atoms with Crippen LogP contribution >= 0.6 is 0 Å². The summed E-state index contributed by atoms with van der Waals surface area (Å²) in [4.78, 5) is 0. The number of allylic oxidation sites excluding steroid dienone is 2. The van der Waals surface area contributed by atoms with Gasteiger partial charge in [-0.3, -0.25) is 0 Å². The minimum Gasteiger partial charge on any atom is -0.0883 e. The SMILES string of the molecule is CCCC(C)C/C=C/CC1C(C(C)C)CCC(C)(CC)C1CCC. The predicted octanol–water partition coefficient (Wildman–Crippen LogP) is 8.27. The van der Waals surface area contributed by atoms with E-state index in [0.717, 1.165) is 29.6 Å². The third kappa shape index (κ3) is 5.92. The Hall–Kier alpha value is -0.260. The van der Waals surface area contributed by atoms with Crippen LogP contribution in [0.1, 0.15) is 106 Å². The van der Waals surface area contributed by atoms with Gasteiger partial charge in [0.2, 0.25) is 0 Å². The molecule has 1 aliphatic rings. The highest BCUT2D eigenvalue weighted by atomic mass is 14.5. The molecule has 1 fully saturated rings. The van der Waals surface area contributed by atoms with E-state index in [0.29, 0.717) is 5.41 Å². The van der Waals surface area contributed by atoms with E-state index >= 15 is 0 Å². The highest BCUT2D eigenvalue weighted by Gasteiger charge is 2.44. The molecular formula is C24H46. The summed E-state index contributed by atoms with van der Waals surface area (Å²) in [6, 6.07) is 0. The summed E-state index contributed by atoms with van der Waals surface area (Å²) in [5.74, 6) is 4.45. The standard InChI is InChI=1S/C24H46/c1-8-13-20(6)15-11-12-16-22-21(19(4)5)17-18-24(7,10-3)23(22)14-9-2/h11-12,19-23H,8-10,13-18H2,1-7H3/b12-11+. The first-order valence-corrected chi connectivity index (χ1v) is 11.0. The fourth-order valence-electron chi connectivity index (χ4n) is 5.38. The summed E-state index contributed by atoms with van der Waals surface area (Å²) < 4.78 is 0. The van der Waals surface area contributed by atoms with Crippen LogP contribution in [0.2, 0.25) is 0 Å². The Labute approximate surface area is 153 Å². The third-order valence-corrected chi connectivity index (χ3v) is 7.17. The molecule has 5 atom stereocenters. The molecule has 1 saturated carbocycles. The van der Waals surface area contributed by atoms with Crippen LogP contribution in [0.15, 0.2) is 12.2 Å². The van der Waals surface area contributed by atoms with Crippen molar-refractivity contribution in [1.82, 2.24) is 0 Å². The largest absolute Gasteiger partial charge is 0.0883 e. The van der Waals surface area contributed by atoms with Gasteiger partial charge in [-0.25, -0.2) is 0 Å². The molecule has 0 aromatic heterocycles. The van der Waals surface area contributed by atoms with E-state index in [2.05, 4.69) is 60.6 Å². The lowest BCUT2D eigenvalue weighted by atomic mass is 9.54. The molecule has 0 nitrogen and oxygen atoms in total. The van der Waals surface area contributed by atoms with Crippen molar-refractivity contribution in [2.24, 2.45) is 35.0 Å². The maximum Gasteiger partial charge on any atom is -0.0297 e. The minimum atomic E-state index is 0.579. The molecule has 24 heavy (non-hydrogen) atoms. The van der Waals surface area contributed by atoms with Gasteiger partial charge in [-0.1, -0.05) is 86.3 Å². The highest BCUT2D eigenvalue weighted by molar-refractivity contribution is 4.98. The van der Waals surface area contributed by atoms with Crippen LogP contribution in [0.25, 0.3) is 0 Å². The third-order valence-electron chi connectivity index (χ3n) is 7.17. The molecule has 0 saturated heterocycles. The summed E-state index contributed by atoms with van der Waals surface area (Å²) in [6.07, 6.45) is 17.4. The van der Waals surface area contributed by atoms with Gasteiger partial charge in [-0.2, -0.15) is 0 Å². The van der Waals surface area contributed by atoms with Gasteiger partial charge < -0.3 is 0 Å². The van der Waals surface area contributed by atoms with Crippen LogP contribution in [0.3, 0.4) is 0 Å². The highest BCUT2D eigenvalue weighted by Crippen LogP contribution is 2.53. The lowest BCUT2D eigenvalue weighted by molar-refractivity contribution is -0.00951. The Morgan fingerprint density at radius 2 is 1.75 bits per heavy atom. The molecule has 5 unspecified atom stereocenters. The van der Waals surface area contributed by atoms with Crippen molar-refractivity contribution in [2.45, 2.75) is 106 Å². The average Bonchev–Trinajstić information content (AvgIpc) is 2.54. The van der Waals surface area contributed by atoms with E-state index in [9.17, 15) is 0 Å². The van der Waals surface area contributed by atoms with Gasteiger partial charge in [0.25, 0.3) is 0 Å². The van der Waals surface area contributed by atoms with Gasteiger partial charge >= 0.3 is 0 Å². The molecule has 0 aromatic carbocycles. The summed E-state index contributed by atoms with van der Waals surface area (Å²) in [5, 5.41) is 0. The second kappa shape index (κ2) is 10.7. The Kier molecular flexibility index (Phi) is 9.68. The Morgan fingerprint density at radius 3 is 2.29 bits per heavy atom. The Bertz CT molecular complexity index is 353. The maximum atomic E-state index is 2.59. The van der Waals surface area contributed by atoms with Crippen LogP contribution in [-0.2, 0) is 0 Å². The van der Waals surface area contributed by atoms with Crippen molar-refractivity contribution in [3.05, 3.63) is 12.2 Å². The quantitative estimate of drug-likeness (QED) is 0.352. The molecule has 0 radical (unpaired) electrons. The zero-order valence-electron chi connectivity index (χ0n) is 17.9. The zero-order valence-corrected chi connectivity index (χ0v) is 17.9. The monoisotopic (exact) mass is 334 g/mol. The van der Waals surface area contributed by atoms with Crippen LogP contribution in [0, 0.1) is 35.0 Å². The van der Waals surface area contributed by atoms with E-state index in [-0.39, 0.29) is 0 Å². The normalized spacial score (nSPS) is 32.6. The zero-order chi connectivity index (χ0) is 18.2. The molecule has 0 bridgehead atoms. The fraction of sp³-hybridized carbons (Fsp3) is 0.917. The van der Waals surface area contributed by atoms with Crippen molar-refractivity contribution in [2.75, 3.05) is 0 Å². The molecule has 0 spiro atoms. The molecule has 0 aromatic rings. The first-order valence-electron chi connectivity index (χ1n) is 11.0. The number of hydrogen-bond donors (Lipinski definition) is 0. The van der Waals surface area contributed by atoms with Crippen molar-refractivity contribution in [3.8, 4) is 0 Å². The molecule has 0 amide bonds. The van der Waals surface area contributed by atoms with Crippen LogP contribution in [-0.4, -0.2) is 0 Å². The van der Waals surface area contributed by atoms with Gasteiger partial charge in [0.05, 0.1) is 0 Å². The van der Waals surface area contributed by atoms with Crippen LogP contribution in [0.5, 0.6) is 0 Å². The summed E-state index contributed by atoms with van der Waals surface area (Å²) >= 11 is 0. The van der Waals surface area contributed by atoms with E-state index in [1.54, 1.807) is 0 Å². The number of rotatable bonds is 10. The molecule has 142 valence electrons. The smallest absolute Gasteiger partial charge is 0.0297 e. The fourth-order valence-corrected chi connectivity index (χ4v) is 5.38. The molecule has 0 aliphatic heterocycles. The van der Waals surface area contributed by atoms with Crippen LogP contribution < -0.4 is 0 Å². The van der Waals surface area contributed by atoms with Gasteiger partial charge in [-0.15, -0.1) is 0 Å². The van der Waals surface area contributed by atoms with Crippen LogP contribution in [0.4, 0.5) is 0 Å². The molecular weight excluding hydrogens is 288 g/mol. The second-order valence-corrected chi connectivity index (χ2v) is 9.35. The topological polar surface area (TPSA) is 0 Å². The predicted molar refractivity (Wildman–Crippen MR) is 110 cm³/mol. The van der Waals surface area contributed by atoms with Gasteiger partial charge in [0, 0.05) is 0 Å². The summed E-state index contributed by atoms with van der Waals surface area (Å²) in [5.41, 5.74) is 0.579.